The van der Waals surface area contributed by atoms with Gasteiger partial charge in [0.2, 0.25) is 0 Å². The lowest BCUT2D eigenvalue weighted by atomic mass is 10.1. The number of hydrogen-bond donors (Lipinski definition) is 1. The fourth-order valence-corrected chi connectivity index (χ4v) is 5.24. The van der Waals surface area contributed by atoms with Gasteiger partial charge in [0.25, 0.3) is 11.3 Å². The average Bonchev–Trinajstić information content (AvgIpc) is 2.87. The van der Waals surface area contributed by atoms with E-state index in [1.54, 1.807) is 0 Å². The maximum atomic E-state index is 12.1. The molecule has 0 radical (unpaired) electrons. The molecule has 4 rings (SSSR count). The Labute approximate surface area is 206 Å². The van der Waals surface area contributed by atoms with Crippen LogP contribution in [0.5, 0.6) is 11.5 Å². The molecular formula is C26H37N3O4S. The molecule has 1 unspecified atom stereocenters. The summed E-state index contributed by atoms with van der Waals surface area (Å²) in [7, 11) is 0. The number of hydrogen-bond acceptors (Lipinski definition) is 5. The molecule has 8 heteroatoms. The van der Waals surface area contributed by atoms with Crippen LogP contribution in [0.15, 0.2) is 48.5 Å². The monoisotopic (exact) mass is 487 g/mol. The summed E-state index contributed by atoms with van der Waals surface area (Å²) in [4.78, 5) is 4.88. The topological polar surface area (TPSA) is 65.5 Å². The van der Waals surface area contributed by atoms with Gasteiger partial charge in [0, 0.05) is 13.1 Å². The molecule has 2 aliphatic heterocycles. The third-order valence-electron chi connectivity index (χ3n) is 6.55. The standard InChI is InChI=1S/C26H37N3O4S/c30-34(31)29(23-7-11-25(12-8-23)32-21-19-27-15-3-1-4-16-27)24-9-13-26(14-10-24)33-22-20-28-17-5-2-6-18-28/h7-14H,1-6,15-22H2,(H,30,31). The van der Waals surface area contributed by atoms with Crippen molar-refractivity contribution in [1.82, 2.24) is 9.80 Å². The molecule has 2 aromatic carbocycles. The Morgan fingerprint density at radius 3 is 1.41 bits per heavy atom. The first-order valence-electron chi connectivity index (χ1n) is 12.5. The van der Waals surface area contributed by atoms with Gasteiger partial charge in [-0.1, -0.05) is 12.8 Å². The molecule has 0 saturated carbocycles. The van der Waals surface area contributed by atoms with Crippen LogP contribution < -0.4 is 13.8 Å². The predicted octanol–water partition coefficient (Wildman–Crippen LogP) is 4.69. The molecule has 2 saturated heterocycles. The van der Waals surface area contributed by atoms with Crippen molar-refractivity contribution in [3.05, 3.63) is 48.5 Å². The zero-order valence-corrected chi connectivity index (χ0v) is 20.8. The molecule has 0 amide bonds. The van der Waals surface area contributed by atoms with Crippen molar-refractivity contribution in [2.45, 2.75) is 38.5 Å². The first-order valence-corrected chi connectivity index (χ1v) is 13.6. The summed E-state index contributed by atoms with van der Waals surface area (Å²) in [5.74, 6) is 1.53. The fourth-order valence-electron chi connectivity index (χ4n) is 4.64. The number of rotatable bonds is 11. The normalized spacial score (nSPS) is 18.4. The van der Waals surface area contributed by atoms with E-state index in [1.807, 2.05) is 48.5 Å². The first kappa shape index (κ1) is 25.0. The van der Waals surface area contributed by atoms with Gasteiger partial charge in [-0.3, -0.25) is 14.4 Å². The van der Waals surface area contributed by atoms with Gasteiger partial charge in [0.15, 0.2) is 0 Å². The van der Waals surface area contributed by atoms with Crippen LogP contribution in [0.4, 0.5) is 11.4 Å². The summed E-state index contributed by atoms with van der Waals surface area (Å²) in [6, 6.07) is 14.7. The minimum absolute atomic E-state index is 0.628. The largest absolute Gasteiger partial charge is 0.492 e. The number of piperidine rings is 2. The number of ether oxygens (including phenoxy) is 2. The molecule has 186 valence electrons. The van der Waals surface area contributed by atoms with Crippen LogP contribution in [-0.4, -0.2) is 71.0 Å². The lowest BCUT2D eigenvalue weighted by molar-refractivity contribution is 0.183. The molecule has 7 nitrogen and oxygen atoms in total. The highest BCUT2D eigenvalue weighted by molar-refractivity contribution is 7.81. The summed E-state index contributed by atoms with van der Waals surface area (Å²) in [6.45, 7) is 7.78. The maximum Gasteiger partial charge on any atom is 0.266 e. The van der Waals surface area contributed by atoms with E-state index in [1.165, 1.54) is 42.8 Å². The molecule has 2 fully saturated rings. The van der Waals surface area contributed by atoms with E-state index in [9.17, 15) is 8.76 Å². The van der Waals surface area contributed by atoms with E-state index in [0.29, 0.717) is 24.6 Å². The Morgan fingerprint density at radius 1 is 0.676 bits per heavy atom. The maximum absolute atomic E-state index is 12.1. The Kier molecular flexibility index (Phi) is 9.62. The Morgan fingerprint density at radius 2 is 1.06 bits per heavy atom. The molecule has 0 spiro atoms. The Bertz CT molecular complexity index is 814. The van der Waals surface area contributed by atoms with Crippen molar-refractivity contribution in [2.75, 3.05) is 56.8 Å². The Balaban J connectivity index is 1.28. The molecule has 2 heterocycles. The van der Waals surface area contributed by atoms with E-state index in [4.69, 9.17) is 9.47 Å². The summed E-state index contributed by atoms with van der Waals surface area (Å²) in [6.07, 6.45) is 7.75. The van der Waals surface area contributed by atoms with Crippen molar-refractivity contribution in [3.8, 4) is 11.5 Å². The van der Waals surface area contributed by atoms with Gasteiger partial charge in [-0.25, -0.2) is 8.51 Å². The van der Waals surface area contributed by atoms with Crippen LogP contribution in [0.1, 0.15) is 38.5 Å². The minimum Gasteiger partial charge on any atom is -0.492 e. The third-order valence-corrected chi connectivity index (χ3v) is 7.28. The second-order valence-electron chi connectivity index (χ2n) is 9.01. The van der Waals surface area contributed by atoms with Gasteiger partial charge in [-0.2, -0.15) is 0 Å². The lowest BCUT2D eigenvalue weighted by Gasteiger charge is -2.26. The second kappa shape index (κ2) is 13.1. The van der Waals surface area contributed by atoms with E-state index in [2.05, 4.69) is 9.80 Å². The summed E-state index contributed by atoms with van der Waals surface area (Å²) in [5.41, 5.74) is 1.26. The van der Waals surface area contributed by atoms with Gasteiger partial charge >= 0.3 is 0 Å². The lowest BCUT2D eigenvalue weighted by Crippen LogP contribution is -2.33. The molecule has 1 atom stereocenters. The van der Waals surface area contributed by atoms with Crippen LogP contribution in [-0.2, 0) is 11.3 Å². The van der Waals surface area contributed by atoms with Crippen molar-refractivity contribution < 1.29 is 18.2 Å². The van der Waals surface area contributed by atoms with Gasteiger partial charge in [-0.15, -0.1) is 0 Å². The van der Waals surface area contributed by atoms with Crippen molar-refractivity contribution in [3.63, 3.8) is 0 Å². The summed E-state index contributed by atoms with van der Waals surface area (Å²) >= 11 is -2.20. The predicted molar refractivity (Wildman–Crippen MR) is 137 cm³/mol. The molecular weight excluding hydrogens is 450 g/mol. The molecule has 0 aliphatic carbocycles. The number of likely N-dealkylation sites (tertiary alicyclic amines) is 2. The van der Waals surface area contributed by atoms with Gasteiger partial charge in [-0.05, 0) is 100 Å². The molecule has 0 aromatic heterocycles. The van der Waals surface area contributed by atoms with Crippen molar-refractivity contribution in [2.24, 2.45) is 0 Å². The van der Waals surface area contributed by atoms with E-state index < -0.39 is 11.3 Å². The zero-order valence-electron chi connectivity index (χ0n) is 19.9. The van der Waals surface area contributed by atoms with Crippen LogP contribution in [0.2, 0.25) is 0 Å². The zero-order chi connectivity index (χ0) is 23.6. The highest BCUT2D eigenvalue weighted by atomic mass is 32.2. The van der Waals surface area contributed by atoms with Crippen molar-refractivity contribution >= 4 is 22.6 Å². The SMILES string of the molecule is O=S(O)N(c1ccc(OCCN2CCCCC2)cc1)c1ccc(OCCN2CCCCC2)cc1. The van der Waals surface area contributed by atoms with Crippen LogP contribution >= 0.6 is 0 Å². The number of nitrogens with zero attached hydrogens (tertiary/aromatic N) is 3. The van der Waals surface area contributed by atoms with E-state index in [0.717, 1.165) is 50.8 Å². The molecule has 2 aromatic rings. The highest BCUT2D eigenvalue weighted by Gasteiger charge is 2.16. The molecule has 2 aliphatic rings. The summed E-state index contributed by atoms with van der Waals surface area (Å²) < 4.78 is 35.2. The van der Waals surface area contributed by atoms with Crippen LogP contribution in [0.25, 0.3) is 0 Å². The minimum atomic E-state index is -2.20. The van der Waals surface area contributed by atoms with Crippen LogP contribution in [0, 0.1) is 0 Å². The van der Waals surface area contributed by atoms with Gasteiger partial charge in [0.05, 0.1) is 11.4 Å². The van der Waals surface area contributed by atoms with E-state index in [-0.39, 0.29) is 0 Å². The quantitative estimate of drug-likeness (QED) is 0.464. The van der Waals surface area contributed by atoms with Gasteiger partial charge < -0.3 is 9.47 Å². The van der Waals surface area contributed by atoms with Gasteiger partial charge in [0.1, 0.15) is 24.7 Å². The molecule has 1 N–H and O–H groups in total. The van der Waals surface area contributed by atoms with Crippen LogP contribution in [0.3, 0.4) is 0 Å². The highest BCUT2D eigenvalue weighted by Crippen LogP contribution is 2.30. The van der Waals surface area contributed by atoms with Crippen molar-refractivity contribution in [1.29, 1.82) is 0 Å². The summed E-state index contributed by atoms with van der Waals surface area (Å²) in [5, 5.41) is 0. The average molecular weight is 488 g/mol. The third kappa shape index (κ3) is 7.43. The first-order chi connectivity index (χ1) is 16.7. The second-order valence-corrected chi connectivity index (χ2v) is 9.84. The Hall–Kier alpha value is -2.13. The molecule has 0 bridgehead atoms. The number of anilines is 2. The smallest absolute Gasteiger partial charge is 0.266 e. The fraction of sp³-hybridized carbons (Fsp3) is 0.538. The molecule has 34 heavy (non-hydrogen) atoms. The number of benzene rings is 2. The van der Waals surface area contributed by atoms with E-state index >= 15 is 0 Å².